The van der Waals surface area contributed by atoms with Gasteiger partial charge in [0.05, 0.1) is 5.56 Å². The molecule has 0 radical (unpaired) electrons. The monoisotopic (exact) mass is 367 g/mol. The summed E-state index contributed by atoms with van der Waals surface area (Å²) in [4.78, 5) is 11.5. The Morgan fingerprint density at radius 3 is 2.04 bits per heavy atom. The molecule has 0 amide bonds. The van der Waals surface area contributed by atoms with Crippen molar-refractivity contribution in [2.75, 3.05) is 0 Å². The molecule has 2 aromatic carbocycles. The van der Waals surface area contributed by atoms with Crippen molar-refractivity contribution in [1.29, 1.82) is 0 Å². The lowest BCUT2D eigenvalue weighted by Crippen LogP contribution is -2.33. The number of carbonyl (C=O) groups is 1. The van der Waals surface area contributed by atoms with E-state index in [0.717, 1.165) is 17.5 Å². The standard InChI is InChI=1S/C22H25NO2S/c1-21(2)9-10-22(3,4)18-12-14(6-8-17(18)21)13-5-7-15(20(24)25)16(11-13)19(23)26/h5-8,11-12H,9-10H2,1-4H3,(H2,23,26)(H,24,25). The third kappa shape index (κ3) is 3.14. The maximum atomic E-state index is 11.4. The second-order valence-electron chi connectivity index (χ2n) is 8.46. The molecular formula is C22H25NO2S. The first kappa shape index (κ1) is 18.6. The van der Waals surface area contributed by atoms with Crippen LogP contribution in [0.5, 0.6) is 0 Å². The van der Waals surface area contributed by atoms with E-state index >= 15 is 0 Å². The Balaban J connectivity index is 2.16. The summed E-state index contributed by atoms with van der Waals surface area (Å²) in [7, 11) is 0. The van der Waals surface area contributed by atoms with Crippen molar-refractivity contribution in [1.82, 2.24) is 0 Å². The van der Waals surface area contributed by atoms with E-state index in [0.29, 0.717) is 5.56 Å². The van der Waals surface area contributed by atoms with Crippen LogP contribution in [0.2, 0.25) is 0 Å². The van der Waals surface area contributed by atoms with Crippen molar-refractivity contribution in [3.05, 3.63) is 58.7 Å². The summed E-state index contributed by atoms with van der Waals surface area (Å²) < 4.78 is 0. The first-order chi connectivity index (χ1) is 12.0. The fourth-order valence-corrected chi connectivity index (χ4v) is 4.05. The van der Waals surface area contributed by atoms with E-state index in [2.05, 4.69) is 45.9 Å². The molecule has 0 bridgehead atoms. The molecule has 3 nitrogen and oxygen atoms in total. The van der Waals surface area contributed by atoms with Gasteiger partial charge < -0.3 is 10.8 Å². The number of benzene rings is 2. The highest BCUT2D eigenvalue weighted by molar-refractivity contribution is 7.80. The van der Waals surface area contributed by atoms with Crippen LogP contribution in [0.4, 0.5) is 0 Å². The SMILES string of the molecule is CC1(C)CCC(C)(C)c2cc(-c3ccc(C(=O)O)c(C(N)=S)c3)ccc21. The number of hydrogen-bond donors (Lipinski definition) is 2. The van der Waals surface area contributed by atoms with Crippen LogP contribution < -0.4 is 5.73 Å². The molecule has 0 unspecified atom stereocenters. The molecule has 136 valence electrons. The van der Waals surface area contributed by atoms with Gasteiger partial charge in [0.1, 0.15) is 4.99 Å². The van der Waals surface area contributed by atoms with E-state index in [4.69, 9.17) is 18.0 Å². The number of nitrogens with two attached hydrogens (primary N) is 1. The normalized spacial score (nSPS) is 17.4. The molecule has 1 aliphatic rings. The van der Waals surface area contributed by atoms with Gasteiger partial charge in [-0.1, -0.05) is 64.2 Å². The number of carboxylic acids is 1. The highest BCUT2D eigenvalue weighted by atomic mass is 32.1. The van der Waals surface area contributed by atoms with Gasteiger partial charge in [-0.2, -0.15) is 0 Å². The highest BCUT2D eigenvalue weighted by Gasteiger charge is 2.37. The van der Waals surface area contributed by atoms with Crippen molar-refractivity contribution in [2.45, 2.75) is 51.4 Å². The lowest BCUT2D eigenvalue weighted by Gasteiger charge is -2.42. The molecule has 0 aliphatic heterocycles. The Morgan fingerprint density at radius 1 is 0.923 bits per heavy atom. The summed E-state index contributed by atoms with van der Waals surface area (Å²) in [6, 6.07) is 11.8. The van der Waals surface area contributed by atoms with Gasteiger partial charge in [0.25, 0.3) is 0 Å². The van der Waals surface area contributed by atoms with E-state index in [1.165, 1.54) is 17.5 Å². The van der Waals surface area contributed by atoms with Crippen molar-refractivity contribution < 1.29 is 9.90 Å². The van der Waals surface area contributed by atoms with E-state index in [9.17, 15) is 9.90 Å². The van der Waals surface area contributed by atoms with Gasteiger partial charge in [-0.05, 0) is 58.1 Å². The molecule has 0 saturated heterocycles. The van der Waals surface area contributed by atoms with Crippen molar-refractivity contribution >= 4 is 23.2 Å². The largest absolute Gasteiger partial charge is 0.478 e. The third-order valence-corrected chi connectivity index (χ3v) is 5.92. The summed E-state index contributed by atoms with van der Waals surface area (Å²) in [6.07, 6.45) is 2.32. The number of thiocarbonyl (C=S) groups is 1. The number of hydrogen-bond acceptors (Lipinski definition) is 2. The maximum Gasteiger partial charge on any atom is 0.336 e. The van der Waals surface area contributed by atoms with Crippen LogP contribution in [0, 0.1) is 0 Å². The minimum absolute atomic E-state index is 0.101. The average molecular weight is 368 g/mol. The molecule has 2 aromatic rings. The van der Waals surface area contributed by atoms with Gasteiger partial charge in [0, 0.05) is 5.56 Å². The fourth-order valence-electron chi connectivity index (χ4n) is 3.88. The molecule has 3 rings (SSSR count). The summed E-state index contributed by atoms with van der Waals surface area (Å²) in [5.41, 5.74) is 11.3. The fraction of sp³-hybridized carbons (Fsp3) is 0.364. The second kappa shape index (κ2) is 6.20. The van der Waals surface area contributed by atoms with E-state index in [-0.39, 0.29) is 21.4 Å². The molecule has 0 spiro atoms. The number of carboxylic acid groups (broad SMARTS) is 1. The number of rotatable bonds is 3. The van der Waals surface area contributed by atoms with Gasteiger partial charge >= 0.3 is 5.97 Å². The second-order valence-corrected chi connectivity index (χ2v) is 8.90. The highest BCUT2D eigenvalue weighted by Crippen LogP contribution is 2.46. The molecule has 0 aromatic heterocycles. The molecule has 3 N–H and O–H groups in total. The summed E-state index contributed by atoms with van der Waals surface area (Å²) in [5, 5.41) is 9.35. The predicted molar refractivity (Wildman–Crippen MR) is 110 cm³/mol. The first-order valence-electron chi connectivity index (χ1n) is 8.85. The van der Waals surface area contributed by atoms with Gasteiger partial charge in [-0.3, -0.25) is 0 Å². The van der Waals surface area contributed by atoms with Gasteiger partial charge in [0.2, 0.25) is 0 Å². The van der Waals surface area contributed by atoms with Crippen LogP contribution in [0.1, 0.15) is 67.6 Å². The maximum absolute atomic E-state index is 11.4. The first-order valence-corrected chi connectivity index (χ1v) is 9.26. The van der Waals surface area contributed by atoms with Crippen LogP contribution in [0.25, 0.3) is 11.1 Å². The molecule has 0 saturated carbocycles. The van der Waals surface area contributed by atoms with Crippen molar-refractivity contribution in [3.8, 4) is 11.1 Å². The van der Waals surface area contributed by atoms with Crippen molar-refractivity contribution in [2.24, 2.45) is 5.73 Å². The number of fused-ring (bicyclic) bond motifs is 1. The molecule has 26 heavy (non-hydrogen) atoms. The molecule has 0 heterocycles. The minimum atomic E-state index is -1.02. The third-order valence-electron chi connectivity index (χ3n) is 5.70. The lowest BCUT2D eigenvalue weighted by molar-refractivity contribution is 0.0696. The van der Waals surface area contributed by atoms with E-state index in [1.807, 2.05) is 6.07 Å². The van der Waals surface area contributed by atoms with Crippen LogP contribution in [-0.4, -0.2) is 16.1 Å². The number of aromatic carboxylic acids is 1. The quantitative estimate of drug-likeness (QED) is 0.747. The lowest BCUT2D eigenvalue weighted by atomic mass is 9.63. The summed E-state index contributed by atoms with van der Waals surface area (Å²) >= 11 is 5.06. The zero-order chi connectivity index (χ0) is 19.3. The van der Waals surface area contributed by atoms with E-state index < -0.39 is 5.97 Å². The average Bonchev–Trinajstić information content (AvgIpc) is 2.58. The Kier molecular flexibility index (Phi) is 4.43. The Morgan fingerprint density at radius 2 is 1.46 bits per heavy atom. The van der Waals surface area contributed by atoms with E-state index in [1.54, 1.807) is 12.1 Å². The Hall–Kier alpha value is -2.20. The van der Waals surface area contributed by atoms with Crippen molar-refractivity contribution in [3.63, 3.8) is 0 Å². The zero-order valence-corrected chi connectivity index (χ0v) is 16.5. The molecular weight excluding hydrogens is 342 g/mol. The van der Waals surface area contributed by atoms with Gasteiger partial charge in [-0.25, -0.2) is 4.79 Å². The predicted octanol–water partition coefficient (Wildman–Crippen LogP) is 5.04. The van der Waals surface area contributed by atoms with Crippen LogP contribution in [-0.2, 0) is 10.8 Å². The molecule has 1 aliphatic carbocycles. The minimum Gasteiger partial charge on any atom is -0.478 e. The zero-order valence-electron chi connectivity index (χ0n) is 15.7. The molecule has 4 heteroatoms. The summed E-state index contributed by atoms with van der Waals surface area (Å²) in [6.45, 7) is 9.18. The molecule has 0 atom stereocenters. The summed E-state index contributed by atoms with van der Waals surface area (Å²) in [5.74, 6) is -1.02. The van der Waals surface area contributed by atoms with Crippen LogP contribution >= 0.6 is 12.2 Å². The smallest absolute Gasteiger partial charge is 0.336 e. The van der Waals surface area contributed by atoms with Crippen LogP contribution in [0.3, 0.4) is 0 Å². The Labute approximate surface area is 160 Å². The van der Waals surface area contributed by atoms with Gasteiger partial charge in [-0.15, -0.1) is 0 Å². The van der Waals surface area contributed by atoms with Crippen LogP contribution in [0.15, 0.2) is 36.4 Å². The topological polar surface area (TPSA) is 63.3 Å². The molecule has 0 fully saturated rings. The Bertz CT molecular complexity index is 912. The van der Waals surface area contributed by atoms with Gasteiger partial charge in [0.15, 0.2) is 0 Å².